The van der Waals surface area contributed by atoms with Gasteiger partial charge in [-0.3, -0.25) is 14.4 Å². The second-order valence-corrected chi connectivity index (χ2v) is 10.4. The minimum Gasteiger partial charge on any atom is -0.460 e. The molecule has 1 aliphatic heterocycles. The van der Waals surface area contributed by atoms with Gasteiger partial charge < -0.3 is 15.0 Å². The van der Waals surface area contributed by atoms with Crippen LogP contribution in [0.25, 0.3) is 0 Å². The van der Waals surface area contributed by atoms with Crippen LogP contribution in [0, 0.1) is 5.82 Å². The van der Waals surface area contributed by atoms with Crippen molar-refractivity contribution in [3.8, 4) is 0 Å². The molecule has 1 atom stereocenters. The topological polar surface area (TPSA) is 75.7 Å². The van der Waals surface area contributed by atoms with Crippen LogP contribution < -0.4 is 10.2 Å². The lowest BCUT2D eigenvalue weighted by atomic mass is 9.84. The lowest BCUT2D eigenvalue weighted by molar-refractivity contribution is -0.154. The zero-order chi connectivity index (χ0) is 24.0. The van der Waals surface area contributed by atoms with E-state index in [2.05, 4.69) is 11.9 Å². The standard InChI is InChI=1S/C25H33FN2O4/c1-14(12-20(30)32-24(3,4)5)15(2)27-19(29)13-28-18-11-10-17(16-8-9-16)22(26)21(18)25(6,7)23(28)31/h10-11,15-16H,1,8-9,12-13H2,2-7H3,(H,27,29)/t15-/m1/s1. The molecule has 0 radical (unpaired) electrons. The van der Waals surface area contributed by atoms with Gasteiger partial charge in [0.15, 0.2) is 0 Å². The molecule has 0 unspecified atom stereocenters. The minimum absolute atomic E-state index is 0.0214. The highest BCUT2D eigenvalue weighted by Gasteiger charge is 2.47. The first-order valence-corrected chi connectivity index (χ1v) is 11.1. The summed E-state index contributed by atoms with van der Waals surface area (Å²) >= 11 is 0. The Morgan fingerprint density at radius 3 is 2.50 bits per heavy atom. The number of carbonyl (C=O) groups excluding carboxylic acids is 3. The van der Waals surface area contributed by atoms with Gasteiger partial charge in [0, 0.05) is 11.6 Å². The van der Waals surface area contributed by atoms with E-state index >= 15 is 4.39 Å². The van der Waals surface area contributed by atoms with Crippen LogP contribution in [-0.2, 0) is 24.5 Å². The lowest BCUT2D eigenvalue weighted by Gasteiger charge is -2.23. The van der Waals surface area contributed by atoms with Crippen LogP contribution in [0.3, 0.4) is 0 Å². The molecular weight excluding hydrogens is 411 g/mol. The summed E-state index contributed by atoms with van der Waals surface area (Å²) in [6.07, 6.45) is 1.90. The molecule has 174 valence electrons. The van der Waals surface area contributed by atoms with Crippen molar-refractivity contribution in [2.24, 2.45) is 0 Å². The zero-order valence-corrected chi connectivity index (χ0v) is 19.8. The number of carbonyl (C=O) groups is 3. The fourth-order valence-electron chi connectivity index (χ4n) is 4.07. The lowest BCUT2D eigenvalue weighted by Crippen LogP contribution is -2.45. The van der Waals surface area contributed by atoms with E-state index in [0.29, 0.717) is 22.4 Å². The normalized spacial score (nSPS) is 18.2. The summed E-state index contributed by atoms with van der Waals surface area (Å²) < 4.78 is 20.6. The van der Waals surface area contributed by atoms with E-state index in [4.69, 9.17) is 4.74 Å². The highest BCUT2D eigenvalue weighted by molar-refractivity contribution is 6.10. The summed E-state index contributed by atoms with van der Waals surface area (Å²) in [5.41, 5.74) is 0.314. The molecule has 0 bridgehead atoms. The van der Waals surface area contributed by atoms with Gasteiger partial charge in [-0.2, -0.15) is 0 Å². The molecule has 1 fully saturated rings. The second-order valence-electron chi connectivity index (χ2n) is 10.4. The van der Waals surface area contributed by atoms with Gasteiger partial charge in [-0.25, -0.2) is 4.39 Å². The Labute approximate surface area is 189 Å². The fraction of sp³-hybridized carbons (Fsp3) is 0.560. The number of hydrogen-bond donors (Lipinski definition) is 1. The van der Waals surface area contributed by atoms with Crippen LogP contribution in [0.2, 0.25) is 0 Å². The predicted octanol–water partition coefficient (Wildman–Crippen LogP) is 4.12. The van der Waals surface area contributed by atoms with Gasteiger partial charge in [0.05, 0.1) is 17.5 Å². The Balaban J connectivity index is 1.68. The van der Waals surface area contributed by atoms with Gasteiger partial charge in [0.25, 0.3) is 0 Å². The van der Waals surface area contributed by atoms with E-state index in [-0.39, 0.29) is 30.6 Å². The van der Waals surface area contributed by atoms with Crippen molar-refractivity contribution in [3.63, 3.8) is 0 Å². The first-order chi connectivity index (χ1) is 14.7. The molecule has 1 aliphatic carbocycles. The number of esters is 1. The first-order valence-electron chi connectivity index (χ1n) is 11.1. The van der Waals surface area contributed by atoms with Crippen LogP contribution in [0.1, 0.15) is 77.8 Å². The van der Waals surface area contributed by atoms with Crippen molar-refractivity contribution in [3.05, 3.63) is 41.2 Å². The van der Waals surface area contributed by atoms with E-state index in [1.54, 1.807) is 53.7 Å². The van der Waals surface area contributed by atoms with Gasteiger partial charge in [0.2, 0.25) is 11.8 Å². The number of benzene rings is 1. The van der Waals surface area contributed by atoms with Crippen LogP contribution in [-0.4, -0.2) is 36.0 Å². The smallest absolute Gasteiger partial charge is 0.310 e. The highest BCUT2D eigenvalue weighted by Crippen LogP contribution is 2.48. The van der Waals surface area contributed by atoms with E-state index in [9.17, 15) is 14.4 Å². The molecule has 2 aliphatic rings. The third-order valence-electron chi connectivity index (χ3n) is 5.95. The molecule has 32 heavy (non-hydrogen) atoms. The quantitative estimate of drug-likeness (QED) is 0.507. The maximum Gasteiger partial charge on any atom is 0.310 e. The first kappa shape index (κ1) is 24.0. The maximum atomic E-state index is 15.3. The number of ether oxygens (including phenoxy) is 1. The zero-order valence-electron chi connectivity index (χ0n) is 19.8. The third kappa shape index (κ3) is 4.87. The van der Waals surface area contributed by atoms with Gasteiger partial charge in [-0.1, -0.05) is 12.6 Å². The predicted molar refractivity (Wildman–Crippen MR) is 121 cm³/mol. The molecule has 0 aromatic heterocycles. The Morgan fingerprint density at radius 1 is 1.31 bits per heavy atom. The van der Waals surface area contributed by atoms with E-state index < -0.39 is 28.9 Å². The Hall–Kier alpha value is -2.70. The average Bonchev–Trinajstić information content (AvgIpc) is 3.45. The Morgan fingerprint density at radius 2 is 1.94 bits per heavy atom. The number of hydrogen-bond acceptors (Lipinski definition) is 4. The Kier molecular flexibility index (Phi) is 6.24. The number of fused-ring (bicyclic) bond motifs is 1. The van der Waals surface area contributed by atoms with Crippen LogP contribution >= 0.6 is 0 Å². The number of anilines is 1. The molecule has 1 N–H and O–H groups in total. The molecule has 1 heterocycles. The summed E-state index contributed by atoms with van der Waals surface area (Å²) in [6, 6.07) is 2.99. The van der Waals surface area contributed by atoms with Crippen molar-refractivity contribution < 1.29 is 23.5 Å². The third-order valence-corrected chi connectivity index (χ3v) is 5.95. The van der Waals surface area contributed by atoms with Gasteiger partial charge >= 0.3 is 5.97 Å². The van der Waals surface area contributed by atoms with Gasteiger partial charge in [-0.05, 0) is 77.5 Å². The Bertz CT molecular complexity index is 973. The second kappa shape index (κ2) is 8.34. The van der Waals surface area contributed by atoms with Gasteiger partial charge in [-0.15, -0.1) is 0 Å². The molecule has 1 saturated carbocycles. The fourth-order valence-corrected chi connectivity index (χ4v) is 4.07. The number of nitrogens with zero attached hydrogens (tertiary/aromatic N) is 1. The van der Waals surface area contributed by atoms with E-state index in [1.807, 2.05) is 0 Å². The molecule has 3 rings (SSSR count). The number of rotatable bonds is 7. The van der Waals surface area contributed by atoms with Crippen molar-refractivity contribution >= 4 is 23.5 Å². The highest BCUT2D eigenvalue weighted by atomic mass is 19.1. The number of amides is 2. The van der Waals surface area contributed by atoms with E-state index in [1.165, 1.54) is 4.90 Å². The van der Waals surface area contributed by atoms with Gasteiger partial charge in [0.1, 0.15) is 18.0 Å². The molecule has 7 heteroatoms. The van der Waals surface area contributed by atoms with Crippen LogP contribution in [0.4, 0.5) is 10.1 Å². The molecule has 0 spiro atoms. The van der Waals surface area contributed by atoms with Crippen molar-refractivity contribution in [1.82, 2.24) is 5.32 Å². The molecule has 2 amide bonds. The summed E-state index contributed by atoms with van der Waals surface area (Å²) in [5, 5.41) is 2.77. The number of halogens is 1. The molecule has 0 saturated heterocycles. The largest absolute Gasteiger partial charge is 0.460 e. The summed E-state index contributed by atoms with van der Waals surface area (Å²) in [5.74, 6) is -1.25. The minimum atomic E-state index is -1.05. The molecule has 1 aromatic rings. The summed E-state index contributed by atoms with van der Waals surface area (Å²) in [4.78, 5) is 39.1. The average molecular weight is 445 g/mol. The van der Waals surface area contributed by atoms with Crippen molar-refractivity contribution in [2.45, 2.75) is 83.8 Å². The van der Waals surface area contributed by atoms with Crippen molar-refractivity contribution in [2.75, 3.05) is 11.4 Å². The van der Waals surface area contributed by atoms with E-state index in [0.717, 1.165) is 12.8 Å². The van der Waals surface area contributed by atoms with Crippen LogP contribution in [0.15, 0.2) is 24.3 Å². The van der Waals surface area contributed by atoms with Crippen LogP contribution in [0.5, 0.6) is 0 Å². The molecule has 6 nitrogen and oxygen atoms in total. The maximum absolute atomic E-state index is 15.3. The molecular formula is C25H33FN2O4. The number of nitrogens with one attached hydrogen (secondary N) is 1. The summed E-state index contributed by atoms with van der Waals surface area (Å²) in [6.45, 7) is 14.1. The van der Waals surface area contributed by atoms with Crippen molar-refractivity contribution in [1.29, 1.82) is 0 Å². The molecule has 1 aromatic carbocycles. The monoisotopic (exact) mass is 444 g/mol. The SMILES string of the molecule is C=C(CC(=O)OC(C)(C)C)[C@@H](C)NC(=O)CN1C(=O)C(C)(C)c2c1ccc(C1CC1)c2F. The summed E-state index contributed by atoms with van der Waals surface area (Å²) in [7, 11) is 0.